The number of halogens is 1. The molecule has 0 amide bonds. The molecule has 0 aliphatic heterocycles. The summed E-state index contributed by atoms with van der Waals surface area (Å²) < 4.78 is 5.81. The molecule has 0 saturated carbocycles. The Morgan fingerprint density at radius 1 is 1.50 bits per heavy atom. The van der Waals surface area contributed by atoms with Crippen LogP contribution in [-0.2, 0) is 4.74 Å². The zero-order chi connectivity index (χ0) is 10.6. The highest BCUT2D eigenvalue weighted by molar-refractivity contribution is 9.10. The molecular formula is C10H11BrO2S. The molecule has 0 N–H and O–H groups in total. The van der Waals surface area contributed by atoms with Gasteiger partial charge in [0.2, 0.25) is 0 Å². The van der Waals surface area contributed by atoms with Crippen molar-refractivity contribution >= 4 is 33.7 Å². The van der Waals surface area contributed by atoms with Crippen molar-refractivity contribution in [3.8, 4) is 0 Å². The summed E-state index contributed by atoms with van der Waals surface area (Å²) in [6, 6.07) is 5.55. The van der Waals surface area contributed by atoms with E-state index < -0.39 is 0 Å². The number of rotatable bonds is 3. The fraction of sp³-hybridized carbons (Fsp3) is 0.300. The van der Waals surface area contributed by atoms with Gasteiger partial charge in [0.1, 0.15) is 0 Å². The van der Waals surface area contributed by atoms with Crippen LogP contribution in [0.25, 0.3) is 0 Å². The van der Waals surface area contributed by atoms with Crippen LogP contribution in [0.2, 0.25) is 0 Å². The molecule has 0 fully saturated rings. The molecule has 0 bridgehead atoms. The second-order valence-electron chi connectivity index (χ2n) is 2.60. The number of ether oxygens (including phenoxy) is 1. The minimum atomic E-state index is -0.274. The summed E-state index contributed by atoms with van der Waals surface area (Å²) in [5, 5.41) is 0. The molecule has 1 rings (SSSR count). The van der Waals surface area contributed by atoms with Crippen molar-refractivity contribution in [3.63, 3.8) is 0 Å². The van der Waals surface area contributed by atoms with Crippen molar-refractivity contribution in [1.82, 2.24) is 0 Å². The van der Waals surface area contributed by atoms with E-state index in [0.717, 1.165) is 9.37 Å². The summed E-state index contributed by atoms with van der Waals surface area (Å²) in [6.45, 7) is 2.20. The van der Waals surface area contributed by atoms with E-state index in [-0.39, 0.29) is 5.97 Å². The summed E-state index contributed by atoms with van der Waals surface area (Å²) in [7, 11) is 0. The zero-order valence-corrected chi connectivity index (χ0v) is 10.4. The Kier molecular flexibility index (Phi) is 4.48. The highest BCUT2D eigenvalue weighted by Crippen LogP contribution is 2.22. The number of benzene rings is 1. The molecule has 0 radical (unpaired) electrons. The molecule has 0 aliphatic carbocycles. The fourth-order valence-corrected chi connectivity index (χ4v) is 2.15. The van der Waals surface area contributed by atoms with Gasteiger partial charge in [0, 0.05) is 9.37 Å². The SMILES string of the molecule is CCOC(=O)c1cc(Br)cc(SC)c1. The van der Waals surface area contributed by atoms with Gasteiger partial charge in [-0.1, -0.05) is 15.9 Å². The number of hydrogen-bond donors (Lipinski definition) is 0. The van der Waals surface area contributed by atoms with E-state index >= 15 is 0 Å². The van der Waals surface area contributed by atoms with E-state index in [0.29, 0.717) is 12.2 Å². The van der Waals surface area contributed by atoms with E-state index in [1.807, 2.05) is 18.4 Å². The molecule has 76 valence electrons. The molecule has 1 aromatic carbocycles. The lowest BCUT2D eigenvalue weighted by molar-refractivity contribution is 0.0526. The van der Waals surface area contributed by atoms with Crippen LogP contribution in [0.4, 0.5) is 0 Å². The van der Waals surface area contributed by atoms with Gasteiger partial charge >= 0.3 is 5.97 Å². The predicted octanol–water partition coefficient (Wildman–Crippen LogP) is 3.35. The predicted molar refractivity (Wildman–Crippen MR) is 61.9 cm³/mol. The second kappa shape index (κ2) is 5.41. The van der Waals surface area contributed by atoms with Gasteiger partial charge in [-0.2, -0.15) is 0 Å². The average Bonchev–Trinajstić information content (AvgIpc) is 2.17. The molecule has 0 spiro atoms. The molecule has 4 heteroatoms. The summed E-state index contributed by atoms with van der Waals surface area (Å²) in [4.78, 5) is 12.5. The number of esters is 1. The van der Waals surface area contributed by atoms with E-state index in [1.165, 1.54) is 0 Å². The zero-order valence-electron chi connectivity index (χ0n) is 8.04. The van der Waals surface area contributed by atoms with E-state index in [2.05, 4.69) is 15.9 Å². The smallest absolute Gasteiger partial charge is 0.338 e. The maximum atomic E-state index is 11.4. The van der Waals surface area contributed by atoms with Crippen molar-refractivity contribution in [2.75, 3.05) is 12.9 Å². The van der Waals surface area contributed by atoms with Crippen LogP contribution < -0.4 is 0 Å². The van der Waals surface area contributed by atoms with Crippen molar-refractivity contribution in [2.24, 2.45) is 0 Å². The van der Waals surface area contributed by atoms with Crippen LogP contribution in [0.5, 0.6) is 0 Å². The number of thioether (sulfide) groups is 1. The Bertz CT molecular complexity index is 339. The first kappa shape index (κ1) is 11.6. The van der Waals surface area contributed by atoms with Gasteiger partial charge in [0.05, 0.1) is 12.2 Å². The molecule has 14 heavy (non-hydrogen) atoms. The minimum absolute atomic E-state index is 0.274. The lowest BCUT2D eigenvalue weighted by Crippen LogP contribution is -2.04. The van der Waals surface area contributed by atoms with Gasteiger partial charge in [-0.15, -0.1) is 11.8 Å². The Morgan fingerprint density at radius 2 is 2.21 bits per heavy atom. The van der Waals surface area contributed by atoms with Crippen LogP contribution in [0, 0.1) is 0 Å². The van der Waals surface area contributed by atoms with E-state index in [9.17, 15) is 4.79 Å². The second-order valence-corrected chi connectivity index (χ2v) is 4.40. The summed E-state index contributed by atoms with van der Waals surface area (Å²) in [5.74, 6) is -0.274. The van der Waals surface area contributed by atoms with Crippen LogP contribution in [0.15, 0.2) is 27.6 Å². The Labute approximate surface area is 96.2 Å². The normalized spacial score (nSPS) is 9.93. The summed E-state index contributed by atoms with van der Waals surface area (Å²) >= 11 is 4.95. The third-order valence-electron chi connectivity index (χ3n) is 1.62. The topological polar surface area (TPSA) is 26.3 Å². The van der Waals surface area contributed by atoms with Crippen molar-refractivity contribution in [3.05, 3.63) is 28.2 Å². The fourth-order valence-electron chi connectivity index (χ4n) is 1.01. The van der Waals surface area contributed by atoms with Gasteiger partial charge in [-0.3, -0.25) is 0 Å². The number of carbonyl (C=O) groups is 1. The van der Waals surface area contributed by atoms with Gasteiger partial charge < -0.3 is 4.74 Å². The molecule has 0 heterocycles. The third kappa shape index (κ3) is 3.03. The first-order chi connectivity index (χ1) is 6.67. The molecule has 0 aliphatic rings. The lowest BCUT2D eigenvalue weighted by Gasteiger charge is -2.04. The van der Waals surface area contributed by atoms with Crippen molar-refractivity contribution in [1.29, 1.82) is 0 Å². The standard InChI is InChI=1S/C10H11BrO2S/c1-3-13-10(12)7-4-8(11)6-9(5-7)14-2/h4-6H,3H2,1-2H3. The Balaban J connectivity index is 2.96. The molecule has 0 atom stereocenters. The highest BCUT2D eigenvalue weighted by atomic mass is 79.9. The first-order valence-corrected chi connectivity index (χ1v) is 6.21. The quantitative estimate of drug-likeness (QED) is 0.625. The lowest BCUT2D eigenvalue weighted by atomic mass is 10.2. The molecular weight excluding hydrogens is 264 g/mol. The van der Waals surface area contributed by atoms with E-state index in [4.69, 9.17) is 4.74 Å². The molecule has 0 saturated heterocycles. The van der Waals surface area contributed by atoms with Crippen LogP contribution in [0.1, 0.15) is 17.3 Å². The third-order valence-corrected chi connectivity index (χ3v) is 2.78. The van der Waals surface area contributed by atoms with Crippen LogP contribution >= 0.6 is 27.7 Å². The van der Waals surface area contributed by atoms with Gasteiger partial charge in [0.25, 0.3) is 0 Å². The summed E-state index contributed by atoms with van der Waals surface area (Å²) in [6.07, 6.45) is 1.97. The van der Waals surface area contributed by atoms with Crippen LogP contribution in [-0.4, -0.2) is 18.8 Å². The number of carbonyl (C=O) groups excluding carboxylic acids is 1. The first-order valence-electron chi connectivity index (χ1n) is 4.19. The molecule has 0 aromatic heterocycles. The maximum Gasteiger partial charge on any atom is 0.338 e. The van der Waals surface area contributed by atoms with Crippen molar-refractivity contribution in [2.45, 2.75) is 11.8 Å². The van der Waals surface area contributed by atoms with Gasteiger partial charge in [-0.05, 0) is 31.4 Å². The minimum Gasteiger partial charge on any atom is -0.462 e. The van der Waals surface area contributed by atoms with E-state index in [1.54, 1.807) is 24.8 Å². The highest BCUT2D eigenvalue weighted by Gasteiger charge is 2.08. The molecule has 1 aromatic rings. The number of hydrogen-bond acceptors (Lipinski definition) is 3. The van der Waals surface area contributed by atoms with Gasteiger partial charge in [-0.25, -0.2) is 4.79 Å². The van der Waals surface area contributed by atoms with Crippen molar-refractivity contribution < 1.29 is 9.53 Å². The molecule has 0 unspecified atom stereocenters. The monoisotopic (exact) mass is 274 g/mol. The largest absolute Gasteiger partial charge is 0.462 e. The maximum absolute atomic E-state index is 11.4. The van der Waals surface area contributed by atoms with Crippen LogP contribution in [0.3, 0.4) is 0 Å². The summed E-state index contributed by atoms with van der Waals surface area (Å²) in [5.41, 5.74) is 0.588. The average molecular weight is 275 g/mol. The Hall–Kier alpha value is -0.480. The van der Waals surface area contributed by atoms with Gasteiger partial charge in [0.15, 0.2) is 0 Å². The Morgan fingerprint density at radius 3 is 2.79 bits per heavy atom. The molecule has 2 nitrogen and oxygen atoms in total.